The molecule has 2 fully saturated rings. The minimum Gasteiger partial charge on any atom is -0.351 e. The van der Waals surface area contributed by atoms with E-state index in [0.717, 1.165) is 53.2 Å². The SMILES string of the molecule is Cc1ccccc1N1C(=O)NC2c3c1ccnc3S[C@@H]2C(=O)NC1CCCN(C(=O)/C(C#N)=C/C2CC2)C1. The molecule has 1 aromatic heterocycles. The van der Waals surface area contributed by atoms with Crippen LogP contribution in [0.5, 0.6) is 0 Å². The molecule has 2 aromatic rings. The second-order valence-corrected chi connectivity index (χ2v) is 11.4. The first kappa shape index (κ1) is 24.5. The number of carbonyl (C=O) groups is 3. The number of likely N-dealkylation sites (tertiary alicyclic amines) is 1. The number of anilines is 2. The van der Waals surface area contributed by atoms with Crippen LogP contribution in [0.4, 0.5) is 16.2 Å². The van der Waals surface area contributed by atoms with Gasteiger partial charge in [-0.1, -0.05) is 36.0 Å². The van der Waals surface area contributed by atoms with Crippen molar-refractivity contribution >= 4 is 41.0 Å². The molecule has 2 unspecified atom stereocenters. The van der Waals surface area contributed by atoms with Gasteiger partial charge in [0.25, 0.3) is 5.91 Å². The summed E-state index contributed by atoms with van der Waals surface area (Å²) in [5.74, 6) is -0.117. The van der Waals surface area contributed by atoms with Gasteiger partial charge in [-0.25, -0.2) is 9.78 Å². The Bertz CT molecular complexity index is 1400. The average Bonchev–Trinajstić information content (AvgIpc) is 3.67. The van der Waals surface area contributed by atoms with E-state index in [4.69, 9.17) is 0 Å². The van der Waals surface area contributed by atoms with Crippen molar-refractivity contribution in [1.82, 2.24) is 20.5 Å². The van der Waals surface area contributed by atoms with Gasteiger partial charge in [0.15, 0.2) is 0 Å². The maximum atomic E-state index is 13.5. The maximum Gasteiger partial charge on any atom is 0.327 e. The van der Waals surface area contributed by atoms with Crippen LogP contribution in [0.1, 0.15) is 42.9 Å². The van der Waals surface area contributed by atoms with E-state index in [1.807, 2.05) is 37.3 Å². The molecule has 1 aromatic carbocycles. The van der Waals surface area contributed by atoms with Crippen LogP contribution in [0.2, 0.25) is 0 Å². The lowest BCUT2D eigenvalue weighted by Gasteiger charge is -2.36. The Morgan fingerprint density at radius 1 is 1.21 bits per heavy atom. The number of thioether (sulfide) groups is 1. The van der Waals surface area contributed by atoms with Gasteiger partial charge in [-0.15, -0.1) is 0 Å². The Morgan fingerprint density at radius 2 is 2.03 bits per heavy atom. The fraction of sp³-hybridized carbons (Fsp3) is 0.393. The molecule has 4 heterocycles. The fourth-order valence-electron chi connectivity index (χ4n) is 5.47. The number of aryl methyl sites for hydroxylation is 1. The molecular weight excluding hydrogens is 500 g/mol. The smallest absolute Gasteiger partial charge is 0.327 e. The molecule has 6 rings (SSSR count). The normalized spacial score (nSPS) is 24.4. The van der Waals surface area contributed by atoms with E-state index in [-0.39, 0.29) is 29.5 Å². The number of hydrogen-bond acceptors (Lipinski definition) is 6. The number of urea groups is 1. The fourth-order valence-corrected chi connectivity index (χ4v) is 6.70. The van der Waals surface area contributed by atoms with Crippen LogP contribution >= 0.6 is 11.8 Å². The number of pyridine rings is 1. The van der Waals surface area contributed by atoms with Crippen LogP contribution in [0.25, 0.3) is 0 Å². The van der Waals surface area contributed by atoms with Gasteiger partial charge in [0.05, 0.1) is 17.4 Å². The molecule has 2 N–H and O–H groups in total. The van der Waals surface area contributed by atoms with E-state index in [2.05, 4.69) is 21.7 Å². The van der Waals surface area contributed by atoms with Gasteiger partial charge in [-0.05, 0) is 56.2 Å². The second kappa shape index (κ2) is 9.80. The summed E-state index contributed by atoms with van der Waals surface area (Å²) in [7, 11) is 0. The molecule has 0 spiro atoms. The van der Waals surface area contributed by atoms with Crippen LogP contribution in [0.15, 0.2) is 53.2 Å². The van der Waals surface area contributed by atoms with Gasteiger partial charge in [0.2, 0.25) is 5.91 Å². The van der Waals surface area contributed by atoms with Crippen molar-refractivity contribution in [2.24, 2.45) is 5.92 Å². The number of hydrogen-bond donors (Lipinski definition) is 2. The van der Waals surface area contributed by atoms with Gasteiger partial charge < -0.3 is 15.5 Å². The zero-order valence-electron chi connectivity index (χ0n) is 21.0. The lowest BCUT2D eigenvalue weighted by atomic mass is 9.98. The maximum absolute atomic E-state index is 13.5. The number of nitrogens with zero attached hydrogens (tertiary/aromatic N) is 4. The third-order valence-corrected chi connectivity index (χ3v) is 8.84. The van der Waals surface area contributed by atoms with E-state index >= 15 is 0 Å². The van der Waals surface area contributed by atoms with E-state index in [0.29, 0.717) is 19.0 Å². The first-order valence-electron chi connectivity index (χ1n) is 13.0. The summed E-state index contributed by atoms with van der Waals surface area (Å²) in [6.07, 6.45) is 7.00. The minimum atomic E-state index is -0.572. The Balaban J connectivity index is 1.19. The number of aromatic nitrogens is 1. The third-order valence-electron chi connectivity index (χ3n) is 7.55. The minimum absolute atomic E-state index is 0.193. The highest BCUT2D eigenvalue weighted by Gasteiger charge is 2.47. The number of para-hydroxylation sites is 1. The average molecular weight is 529 g/mol. The van der Waals surface area contributed by atoms with Gasteiger partial charge >= 0.3 is 6.03 Å². The molecular formula is C28H28N6O3S. The van der Waals surface area contributed by atoms with E-state index < -0.39 is 11.3 Å². The summed E-state index contributed by atoms with van der Waals surface area (Å²) < 4.78 is 0. The molecule has 1 saturated heterocycles. The van der Waals surface area contributed by atoms with Gasteiger partial charge in [-0.2, -0.15) is 5.26 Å². The molecule has 194 valence electrons. The van der Waals surface area contributed by atoms with Crippen LogP contribution in [0.3, 0.4) is 0 Å². The highest BCUT2D eigenvalue weighted by Crippen LogP contribution is 2.50. The predicted octanol–water partition coefficient (Wildman–Crippen LogP) is 3.73. The summed E-state index contributed by atoms with van der Waals surface area (Å²) in [6.45, 7) is 2.89. The van der Waals surface area contributed by atoms with Crippen molar-refractivity contribution in [1.29, 1.82) is 5.26 Å². The molecule has 4 aliphatic rings. The predicted molar refractivity (Wildman–Crippen MR) is 143 cm³/mol. The number of amides is 4. The molecule has 0 bridgehead atoms. The number of piperidine rings is 1. The Hall–Kier alpha value is -3.84. The van der Waals surface area contributed by atoms with Crippen molar-refractivity contribution in [3.05, 3.63) is 59.3 Å². The molecule has 1 saturated carbocycles. The molecule has 0 radical (unpaired) electrons. The van der Waals surface area contributed by atoms with Crippen molar-refractivity contribution in [2.75, 3.05) is 18.0 Å². The van der Waals surface area contributed by atoms with Crippen LogP contribution in [-0.4, -0.2) is 52.1 Å². The standard InChI is InChI=1S/C28H28N6O3S/c1-16-5-2-3-7-20(16)34-21-10-11-30-26-22(21)23(32-28(34)37)24(38-26)25(35)31-19-6-4-12-33(15-19)27(36)18(14-29)13-17-8-9-17/h2-3,5,7,10-11,13,17,19,23-24H,4,6,8-9,12,15H2,1H3,(H,31,35)(H,32,37)/b18-13+/t19?,23?,24-/m0/s1. The molecule has 38 heavy (non-hydrogen) atoms. The van der Waals surface area contributed by atoms with Crippen LogP contribution in [-0.2, 0) is 9.59 Å². The molecule has 3 aliphatic heterocycles. The quantitative estimate of drug-likeness (QED) is 0.451. The highest BCUT2D eigenvalue weighted by molar-refractivity contribution is 8.01. The second-order valence-electron chi connectivity index (χ2n) is 10.3. The van der Waals surface area contributed by atoms with E-state index in [1.54, 1.807) is 22.1 Å². The third kappa shape index (κ3) is 4.41. The van der Waals surface area contributed by atoms with Crippen LogP contribution < -0.4 is 15.5 Å². The molecule has 3 atom stereocenters. The summed E-state index contributed by atoms with van der Waals surface area (Å²) in [5, 5.41) is 15.8. The lowest BCUT2D eigenvalue weighted by molar-refractivity contribution is -0.129. The molecule has 4 amide bonds. The zero-order chi connectivity index (χ0) is 26.4. The zero-order valence-corrected chi connectivity index (χ0v) is 21.8. The van der Waals surface area contributed by atoms with Gasteiger partial charge in [0, 0.05) is 30.9 Å². The number of rotatable bonds is 5. The molecule has 9 nitrogen and oxygen atoms in total. The Kier molecular flexibility index (Phi) is 6.32. The first-order valence-corrected chi connectivity index (χ1v) is 13.9. The number of benzene rings is 1. The number of carbonyl (C=O) groups excluding carboxylic acids is 3. The molecule has 10 heteroatoms. The summed E-state index contributed by atoms with van der Waals surface area (Å²) in [5.41, 5.74) is 3.54. The Morgan fingerprint density at radius 3 is 2.79 bits per heavy atom. The number of nitriles is 1. The largest absolute Gasteiger partial charge is 0.351 e. The van der Waals surface area contributed by atoms with Crippen molar-refractivity contribution in [2.45, 2.75) is 55.0 Å². The summed E-state index contributed by atoms with van der Waals surface area (Å²) in [6, 6.07) is 10.6. The lowest BCUT2D eigenvalue weighted by Crippen LogP contribution is -2.54. The monoisotopic (exact) mass is 528 g/mol. The van der Waals surface area contributed by atoms with Crippen molar-refractivity contribution in [3.63, 3.8) is 0 Å². The topological polar surface area (TPSA) is 118 Å². The Labute approximate surface area is 225 Å². The van der Waals surface area contributed by atoms with Gasteiger partial charge in [0.1, 0.15) is 21.9 Å². The highest BCUT2D eigenvalue weighted by atomic mass is 32.2. The van der Waals surface area contributed by atoms with Crippen molar-refractivity contribution < 1.29 is 14.4 Å². The first-order chi connectivity index (χ1) is 18.4. The van der Waals surface area contributed by atoms with E-state index in [9.17, 15) is 19.6 Å². The van der Waals surface area contributed by atoms with Crippen LogP contribution in [0, 0.1) is 24.2 Å². The van der Waals surface area contributed by atoms with Crippen molar-refractivity contribution in [3.8, 4) is 6.07 Å². The number of nitrogens with one attached hydrogen (secondary N) is 2. The summed E-state index contributed by atoms with van der Waals surface area (Å²) in [4.78, 5) is 47.6. The van der Waals surface area contributed by atoms with E-state index in [1.165, 1.54) is 11.8 Å². The van der Waals surface area contributed by atoms with Gasteiger partial charge in [-0.3, -0.25) is 14.5 Å². The molecule has 1 aliphatic carbocycles. The summed E-state index contributed by atoms with van der Waals surface area (Å²) >= 11 is 1.36. The number of allylic oxidation sites excluding steroid dienone is 1.